The number of hydrogen-bond acceptors (Lipinski definition) is 3. The summed E-state index contributed by atoms with van der Waals surface area (Å²) in [6.07, 6.45) is 3.61. The third-order valence-electron chi connectivity index (χ3n) is 6.29. The Morgan fingerprint density at radius 3 is 2.45 bits per heavy atom. The highest BCUT2D eigenvalue weighted by Gasteiger charge is 2.26. The zero-order chi connectivity index (χ0) is 21.6. The Morgan fingerprint density at radius 2 is 1.77 bits per heavy atom. The van der Waals surface area contributed by atoms with E-state index in [0.717, 1.165) is 45.7 Å². The van der Waals surface area contributed by atoms with E-state index in [-0.39, 0.29) is 6.03 Å². The van der Waals surface area contributed by atoms with E-state index in [1.807, 2.05) is 4.90 Å². The Kier molecular flexibility index (Phi) is 7.72. The normalized spacial score (nSPS) is 22.3. The molecule has 0 aliphatic carbocycles. The first-order chi connectivity index (χ1) is 15.1. The quantitative estimate of drug-likeness (QED) is 0.676. The Bertz CT molecular complexity index is 863. The molecule has 2 atom stereocenters. The third kappa shape index (κ3) is 6.36. The molecule has 2 heterocycles. The van der Waals surface area contributed by atoms with E-state index in [0.29, 0.717) is 27.7 Å². The number of nitrogens with one attached hydrogen (secondary N) is 2. The molecule has 2 aromatic carbocycles. The molecular weight excluding hydrogens is 431 g/mol. The summed E-state index contributed by atoms with van der Waals surface area (Å²) >= 11 is 12.0. The fourth-order valence-corrected chi connectivity index (χ4v) is 4.78. The Balaban J connectivity index is 1.16. The van der Waals surface area contributed by atoms with Crippen molar-refractivity contribution >= 4 is 34.9 Å². The van der Waals surface area contributed by atoms with E-state index in [1.165, 1.54) is 18.4 Å². The first-order valence-electron chi connectivity index (χ1n) is 11.1. The Morgan fingerprint density at radius 1 is 1.00 bits per heavy atom. The van der Waals surface area contributed by atoms with E-state index in [9.17, 15) is 4.79 Å². The molecule has 5 nitrogen and oxygen atoms in total. The molecule has 7 heteroatoms. The average Bonchev–Trinajstić information content (AvgIpc) is 2.79. The number of benzene rings is 2. The number of carbonyl (C=O) groups excluding carboxylic acids is 1. The molecule has 2 N–H and O–H groups in total. The largest absolute Gasteiger partial charge is 0.322 e. The third-order valence-corrected chi connectivity index (χ3v) is 7.03. The van der Waals surface area contributed by atoms with E-state index in [2.05, 4.69) is 45.9 Å². The van der Waals surface area contributed by atoms with Gasteiger partial charge in [-0.05, 0) is 55.5 Å². The SMILES string of the molecule is O=C(Nc1ccc(Cl)c(Cl)c1)N1CCN(CC2CCC(Cc3ccccc3)NC2)CC1. The summed E-state index contributed by atoms with van der Waals surface area (Å²) < 4.78 is 0. The van der Waals surface area contributed by atoms with E-state index in [4.69, 9.17) is 23.2 Å². The minimum Gasteiger partial charge on any atom is -0.322 e. The van der Waals surface area contributed by atoms with Gasteiger partial charge in [0.25, 0.3) is 0 Å². The number of rotatable bonds is 5. The maximum absolute atomic E-state index is 12.6. The number of hydrogen-bond donors (Lipinski definition) is 2. The van der Waals surface area contributed by atoms with Crippen LogP contribution in [0.3, 0.4) is 0 Å². The molecule has 166 valence electrons. The van der Waals surface area contributed by atoms with Gasteiger partial charge >= 0.3 is 6.03 Å². The van der Waals surface area contributed by atoms with Crippen LogP contribution >= 0.6 is 23.2 Å². The molecule has 0 aromatic heterocycles. The lowest BCUT2D eigenvalue weighted by molar-refractivity contribution is 0.124. The number of piperidine rings is 1. The van der Waals surface area contributed by atoms with Crippen molar-refractivity contribution in [2.75, 3.05) is 44.6 Å². The molecule has 2 aliphatic heterocycles. The number of halogens is 2. The van der Waals surface area contributed by atoms with Crippen LogP contribution in [0.5, 0.6) is 0 Å². The summed E-state index contributed by atoms with van der Waals surface area (Å²) in [5, 5.41) is 7.59. The number of urea groups is 1. The van der Waals surface area contributed by atoms with Gasteiger partial charge in [0.2, 0.25) is 0 Å². The van der Waals surface area contributed by atoms with Crippen molar-refractivity contribution in [1.29, 1.82) is 0 Å². The molecule has 2 aromatic rings. The van der Waals surface area contributed by atoms with Gasteiger partial charge < -0.3 is 15.5 Å². The second-order valence-electron chi connectivity index (χ2n) is 8.58. The Hall–Kier alpha value is -1.79. The molecule has 2 amide bonds. The molecule has 2 unspecified atom stereocenters. The highest BCUT2D eigenvalue weighted by Crippen LogP contribution is 2.25. The maximum Gasteiger partial charge on any atom is 0.321 e. The van der Waals surface area contributed by atoms with Crippen molar-refractivity contribution in [2.45, 2.75) is 25.3 Å². The fourth-order valence-electron chi connectivity index (χ4n) is 4.48. The van der Waals surface area contributed by atoms with Gasteiger partial charge in [0.05, 0.1) is 10.0 Å². The number of nitrogens with zero attached hydrogens (tertiary/aromatic N) is 2. The molecule has 0 spiro atoms. The lowest BCUT2D eigenvalue weighted by Crippen LogP contribution is -2.52. The van der Waals surface area contributed by atoms with Crippen LogP contribution < -0.4 is 10.6 Å². The van der Waals surface area contributed by atoms with Crippen molar-refractivity contribution < 1.29 is 4.79 Å². The average molecular weight is 461 g/mol. The minimum absolute atomic E-state index is 0.0823. The van der Waals surface area contributed by atoms with Crippen molar-refractivity contribution in [2.24, 2.45) is 5.92 Å². The van der Waals surface area contributed by atoms with E-state index >= 15 is 0 Å². The van der Waals surface area contributed by atoms with Gasteiger partial charge in [-0.2, -0.15) is 0 Å². The fraction of sp³-hybridized carbons (Fsp3) is 0.458. The molecule has 2 saturated heterocycles. The number of anilines is 1. The van der Waals surface area contributed by atoms with Crippen molar-refractivity contribution in [3.05, 3.63) is 64.1 Å². The summed E-state index contributed by atoms with van der Waals surface area (Å²) in [6, 6.07) is 16.4. The minimum atomic E-state index is -0.0823. The predicted molar refractivity (Wildman–Crippen MR) is 128 cm³/mol. The van der Waals surface area contributed by atoms with Crippen LogP contribution in [0, 0.1) is 5.92 Å². The zero-order valence-electron chi connectivity index (χ0n) is 17.7. The van der Waals surface area contributed by atoms with Crippen molar-refractivity contribution in [3.8, 4) is 0 Å². The van der Waals surface area contributed by atoms with E-state index < -0.39 is 0 Å². The first-order valence-corrected chi connectivity index (χ1v) is 11.8. The number of piperazine rings is 1. The summed E-state index contributed by atoms with van der Waals surface area (Å²) in [5.74, 6) is 0.684. The van der Waals surface area contributed by atoms with Gasteiger partial charge in [-0.1, -0.05) is 53.5 Å². The smallest absolute Gasteiger partial charge is 0.321 e. The molecule has 2 aliphatic rings. The van der Waals surface area contributed by atoms with Crippen LogP contribution in [-0.2, 0) is 6.42 Å². The van der Waals surface area contributed by atoms with Gasteiger partial charge in [-0.3, -0.25) is 4.90 Å². The van der Waals surface area contributed by atoms with Gasteiger partial charge in [-0.25, -0.2) is 4.79 Å². The van der Waals surface area contributed by atoms with Crippen LogP contribution in [0.2, 0.25) is 10.0 Å². The highest BCUT2D eigenvalue weighted by molar-refractivity contribution is 6.42. The topological polar surface area (TPSA) is 47.6 Å². The second-order valence-corrected chi connectivity index (χ2v) is 9.40. The van der Waals surface area contributed by atoms with Crippen LogP contribution in [0.4, 0.5) is 10.5 Å². The monoisotopic (exact) mass is 460 g/mol. The van der Waals surface area contributed by atoms with Crippen LogP contribution in [0.25, 0.3) is 0 Å². The van der Waals surface area contributed by atoms with Crippen LogP contribution in [0.1, 0.15) is 18.4 Å². The summed E-state index contributed by atoms with van der Waals surface area (Å²) in [7, 11) is 0. The molecule has 0 bridgehead atoms. The van der Waals surface area contributed by atoms with Gasteiger partial charge in [0.1, 0.15) is 0 Å². The first kappa shape index (κ1) is 22.4. The van der Waals surface area contributed by atoms with Crippen LogP contribution in [0.15, 0.2) is 48.5 Å². The maximum atomic E-state index is 12.6. The summed E-state index contributed by atoms with van der Waals surface area (Å²) in [5.41, 5.74) is 2.08. The second kappa shape index (κ2) is 10.7. The highest BCUT2D eigenvalue weighted by atomic mass is 35.5. The number of amides is 2. The summed E-state index contributed by atoms with van der Waals surface area (Å²) in [4.78, 5) is 16.9. The molecule has 0 saturated carbocycles. The summed E-state index contributed by atoms with van der Waals surface area (Å²) in [6.45, 7) is 5.49. The van der Waals surface area contributed by atoms with Gasteiger partial charge in [-0.15, -0.1) is 0 Å². The standard InChI is InChI=1S/C24H30Cl2N4O/c25-22-9-8-21(15-23(22)26)28-24(31)30-12-10-29(11-13-30)17-19-6-7-20(27-16-19)14-18-4-2-1-3-5-18/h1-5,8-9,15,19-20,27H,6-7,10-14,16-17H2,(H,28,31). The van der Waals surface area contributed by atoms with Gasteiger partial charge in [0, 0.05) is 44.5 Å². The molecule has 0 radical (unpaired) electrons. The number of carbonyl (C=O) groups is 1. The van der Waals surface area contributed by atoms with E-state index in [1.54, 1.807) is 18.2 Å². The Labute approximate surface area is 194 Å². The lowest BCUT2D eigenvalue weighted by atomic mass is 9.91. The van der Waals surface area contributed by atoms with Gasteiger partial charge in [0.15, 0.2) is 0 Å². The van der Waals surface area contributed by atoms with Crippen LogP contribution in [-0.4, -0.2) is 61.1 Å². The predicted octanol–water partition coefficient (Wildman–Crippen LogP) is 4.75. The molecular formula is C24H30Cl2N4O. The molecule has 2 fully saturated rings. The zero-order valence-corrected chi connectivity index (χ0v) is 19.2. The van der Waals surface area contributed by atoms with Crippen molar-refractivity contribution in [1.82, 2.24) is 15.1 Å². The van der Waals surface area contributed by atoms with Crippen molar-refractivity contribution in [3.63, 3.8) is 0 Å². The molecule has 31 heavy (non-hydrogen) atoms. The molecule has 4 rings (SSSR count). The lowest BCUT2D eigenvalue weighted by Gasteiger charge is -2.38.